The van der Waals surface area contributed by atoms with Crippen LogP contribution in [0.4, 0.5) is 10.5 Å². The topological polar surface area (TPSA) is 105 Å². The van der Waals surface area contributed by atoms with Crippen molar-refractivity contribution in [1.82, 2.24) is 10.0 Å². The van der Waals surface area contributed by atoms with Crippen molar-refractivity contribution in [2.45, 2.75) is 4.90 Å². The van der Waals surface area contributed by atoms with E-state index in [4.69, 9.17) is 16.3 Å². The summed E-state index contributed by atoms with van der Waals surface area (Å²) < 4.78 is 31.6. The SMILES string of the molecule is O=C(NCCNS(=O)(=O)c1cccc(Cl)c1)c1ccc(N2CCOC2=O)cc1. The molecule has 1 saturated heterocycles. The van der Waals surface area contributed by atoms with E-state index in [9.17, 15) is 18.0 Å². The van der Waals surface area contributed by atoms with E-state index >= 15 is 0 Å². The molecule has 2 amide bonds. The summed E-state index contributed by atoms with van der Waals surface area (Å²) in [4.78, 5) is 25.2. The molecule has 2 N–H and O–H groups in total. The lowest BCUT2D eigenvalue weighted by molar-refractivity contribution is 0.0954. The molecule has 2 aromatic rings. The zero-order chi connectivity index (χ0) is 20.1. The maximum absolute atomic E-state index is 12.2. The molecule has 3 rings (SSSR count). The first-order chi connectivity index (χ1) is 13.4. The van der Waals surface area contributed by atoms with E-state index in [2.05, 4.69) is 10.0 Å². The number of benzene rings is 2. The van der Waals surface area contributed by atoms with Crippen molar-refractivity contribution in [2.24, 2.45) is 0 Å². The summed E-state index contributed by atoms with van der Waals surface area (Å²) in [5, 5.41) is 2.96. The number of nitrogens with one attached hydrogen (secondary N) is 2. The van der Waals surface area contributed by atoms with Crippen LogP contribution in [0, 0.1) is 0 Å². The molecule has 0 spiro atoms. The number of carbonyl (C=O) groups is 2. The molecule has 0 saturated carbocycles. The van der Waals surface area contributed by atoms with Gasteiger partial charge in [0.2, 0.25) is 10.0 Å². The Bertz CT molecular complexity index is 979. The molecular weight excluding hydrogens is 406 g/mol. The average molecular weight is 424 g/mol. The van der Waals surface area contributed by atoms with Gasteiger partial charge in [-0.15, -0.1) is 0 Å². The van der Waals surface area contributed by atoms with E-state index in [1.807, 2.05) is 0 Å². The fourth-order valence-electron chi connectivity index (χ4n) is 2.60. The van der Waals surface area contributed by atoms with Gasteiger partial charge in [-0.05, 0) is 42.5 Å². The molecule has 0 bridgehead atoms. The van der Waals surface area contributed by atoms with Gasteiger partial charge < -0.3 is 10.1 Å². The van der Waals surface area contributed by atoms with Crippen LogP contribution < -0.4 is 14.9 Å². The smallest absolute Gasteiger partial charge is 0.414 e. The van der Waals surface area contributed by atoms with Crippen molar-refractivity contribution >= 4 is 39.3 Å². The van der Waals surface area contributed by atoms with Crippen LogP contribution in [0.2, 0.25) is 5.02 Å². The first kappa shape index (κ1) is 20.1. The summed E-state index contributed by atoms with van der Waals surface area (Å²) in [6, 6.07) is 12.4. The number of cyclic esters (lactones) is 1. The van der Waals surface area contributed by atoms with Gasteiger partial charge in [-0.1, -0.05) is 17.7 Å². The molecule has 28 heavy (non-hydrogen) atoms. The molecule has 0 radical (unpaired) electrons. The minimum absolute atomic E-state index is 0.0261. The summed E-state index contributed by atoms with van der Waals surface area (Å²) in [5.74, 6) is -0.350. The van der Waals surface area contributed by atoms with Crippen molar-refractivity contribution in [3.8, 4) is 0 Å². The van der Waals surface area contributed by atoms with E-state index in [0.29, 0.717) is 29.4 Å². The number of anilines is 1. The largest absolute Gasteiger partial charge is 0.447 e. The number of halogens is 1. The van der Waals surface area contributed by atoms with Gasteiger partial charge >= 0.3 is 6.09 Å². The van der Waals surface area contributed by atoms with Crippen LogP contribution in [-0.2, 0) is 14.8 Å². The summed E-state index contributed by atoms with van der Waals surface area (Å²) in [6.07, 6.45) is -0.413. The predicted octanol–water partition coefficient (Wildman–Crippen LogP) is 2.00. The van der Waals surface area contributed by atoms with E-state index in [1.54, 1.807) is 36.4 Å². The fraction of sp³-hybridized carbons (Fsp3) is 0.222. The molecule has 1 aliphatic heterocycles. The molecule has 1 heterocycles. The van der Waals surface area contributed by atoms with Crippen molar-refractivity contribution in [3.05, 3.63) is 59.1 Å². The predicted molar refractivity (Wildman–Crippen MR) is 104 cm³/mol. The second kappa shape index (κ2) is 8.59. The van der Waals surface area contributed by atoms with Gasteiger partial charge in [0, 0.05) is 29.4 Å². The van der Waals surface area contributed by atoms with Crippen LogP contribution in [0.25, 0.3) is 0 Å². The Morgan fingerprint density at radius 2 is 1.89 bits per heavy atom. The Labute approximate surface area is 167 Å². The zero-order valence-electron chi connectivity index (χ0n) is 14.7. The number of hydrogen-bond donors (Lipinski definition) is 2. The Hall–Kier alpha value is -2.62. The van der Waals surface area contributed by atoms with Gasteiger partial charge in [-0.2, -0.15) is 0 Å². The molecule has 0 unspecified atom stereocenters. The summed E-state index contributed by atoms with van der Waals surface area (Å²) in [7, 11) is -3.70. The number of sulfonamides is 1. The minimum atomic E-state index is -3.70. The summed E-state index contributed by atoms with van der Waals surface area (Å²) in [5.41, 5.74) is 1.04. The highest BCUT2D eigenvalue weighted by Gasteiger charge is 2.23. The molecule has 2 aromatic carbocycles. The Balaban J connectivity index is 1.50. The molecule has 0 aliphatic carbocycles. The van der Waals surface area contributed by atoms with Gasteiger partial charge in [-0.3, -0.25) is 9.69 Å². The number of rotatable bonds is 7. The van der Waals surface area contributed by atoms with Gasteiger partial charge in [0.05, 0.1) is 11.4 Å². The first-order valence-corrected chi connectivity index (χ1v) is 10.3. The van der Waals surface area contributed by atoms with E-state index in [0.717, 1.165) is 0 Å². The molecule has 1 aliphatic rings. The molecule has 0 atom stereocenters. The maximum atomic E-state index is 12.2. The lowest BCUT2D eigenvalue weighted by atomic mass is 10.2. The lowest BCUT2D eigenvalue weighted by Gasteiger charge is -2.13. The summed E-state index contributed by atoms with van der Waals surface area (Å²) in [6.45, 7) is 0.945. The number of hydrogen-bond acceptors (Lipinski definition) is 5. The Kier molecular flexibility index (Phi) is 6.18. The highest BCUT2D eigenvalue weighted by atomic mass is 35.5. The van der Waals surface area contributed by atoms with Gasteiger partial charge in [-0.25, -0.2) is 17.9 Å². The van der Waals surface area contributed by atoms with Gasteiger partial charge in [0.25, 0.3) is 5.91 Å². The van der Waals surface area contributed by atoms with Crippen molar-refractivity contribution < 1.29 is 22.7 Å². The fourth-order valence-corrected chi connectivity index (χ4v) is 3.93. The van der Waals surface area contributed by atoms with Crippen LogP contribution in [0.1, 0.15) is 10.4 Å². The zero-order valence-corrected chi connectivity index (χ0v) is 16.3. The molecule has 10 heteroatoms. The summed E-state index contributed by atoms with van der Waals surface area (Å²) >= 11 is 5.80. The first-order valence-electron chi connectivity index (χ1n) is 8.44. The highest BCUT2D eigenvalue weighted by molar-refractivity contribution is 7.89. The lowest BCUT2D eigenvalue weighted by Crippen LogP contribution is -2.34. The van der Waals surface area contributed by atoms with E-state index < -0.39 is 16.1 Å². The van der Waals surface area contributed by atoms with Crippen molar-refractivity contribution in [2.75, 3.05) is 31.1 Å². The normalized spacial score (nSPS) is 14.0. The standard InChI is InChI=1S/C18H18ClN3O5S/c19-14-2-1-3-16(12-14)28(25,26)21-9-8-20-17(23)13-4-6-15(7-5-13)22-10-11-27-18(22)24/h1-7,12,21H,8-11H2,(H,20,23). The minimum Gasteiger partial charge on any atom is -0.447 e. The molecular formula is C18H18ClN3O5S. The molecule has 0 aromatic heterocycles. The third-order valence-electron chi connectivity index (χ3n) is 4.01. The van der Waals surface area contributed by atoms with Crippen LogP contribution in [0.5, 0.6) is 0 Å². The van der Waals surface area contributed by atoms with Crippen LogP contribution in [0.15, 0.2) is 53.4 Å². The van der Waals surface area contributed by atoms with Crippen molar-refractivity contribution in [1.29, 1.82) is 0 Å². The second-order valence-electron chi connectivity index (χ2n) is 5.92. The number of amides is 2. The van der Waals surface area contributed by atoms with Gasteiger partial charge in [0.1, 0.15) is 6.61 Å². The molecule has 1 fully saturated rings. The third kappa shape index (κ3) is 4.80. The Morgan fingerprint density at radius 1 is 1.14 bits per heavy atom. The third-order valence-corrected chi connectivity index (χ3v) is 5.70. The van der Waals surface area contributed by atoms with Crippen LogP contribution in [-0.4, -0.2) is 46.7 Å². The van der Waals surface area contributed by atoms with E-state index in [1.165, 1.54) is 17.0 Å². The molecule has 8 nitrogen and oxygen atoms in total. The number of ether oxygens (including phenoxy) is 1. The Morgan fingerprint density at radius 3 is 2.54 bits per heavy atom. The van der Waals surface area contributed by atoms with Crippen molar-refractivity contribution in [3.63, 3.8) is 0 Å². The highest BCUT2D eigenvalue weighted by Crippen LogP contribution is 2.19. The second-order valence-corrected chi connectivity index (χ2v) is 8.13. The monoisotopic (exact) mass is 423 g/mol. The maximum Gasteiger partial charge on any atom is 0.414 e. The molecule has 148 valence electrons. The van der Waals surface area contributed by atoms with Crippen LogP contribution in [0.3, 0.4) is 0 Å². The quantitative estimate of drug-likeness (QED) is 0.663. The van der Waals surface area contributed by atoms with E-state index in [-0.39, 0.29) is 23.9 Å². The average Bonchev–Trinajstić information content (AvgIpc) is 3.11. The number of nitrogens with zero attached hydrogens (tertiary/aromatic N) is 1. The van der Waals surface area contributed by atoms with Gasteiger partial charge in [0.15, 0.2) is 0 Å². The van der Waals surface area contributed by atoms with Crippen LogP contribution >= 0.6 is 11.6 Å². The number of carbonyl (C=O) groups excluding carboxylic acids is 2.